The maximum absolute atomic E-state index is 6.69. The zero-order valence-corrected chi connectivity index (χ0v) is 17.9. The molecule has 0 atom stereocenters. The van der Waals surface area contributed by atoms with Crippen molar-refractivity contribution in [2.75, 3.05) is 5.32 Å². The molecule has 124 valence electrons. The Kier molecular flexibility index (Phi) is 7.23. The maximum Gasteiger partial charge on any atom is 2.00 e. The van der Waals surface area contributed by atoms with E-state index in [1.165, 1.54) is 0 Å². The molecule has 0 bridgehead atoms. The molecule has 0 saturated heterocycles. The number of benzene rings is 1. The number of nitrogens with zero attached hydrogens (tertiary/aromatic N) is 3. The standard InChI is InChI=1S/C13H9BrClN4.C3H6N.W/c14-10-8-17-19-12(6-11(15)18-13(10)19)16-7-9-4-2-1-3-5-9;4-3-1-2-3;/h2-6,8,16H,7H2;3-4H,1-2H2;/q2*-1;+2. The molecule has 1 aliphatic carbocycles. The first kappa shape index (κ1) is 19.4. The van der Waals surface area contributed by atoms with Gasteiger partial charge in [-0.05, 0) is 15.9 Å². The Balaban J connectivity index is 0.000000367. The number of hydrogen-bond donors (Lipinski definition) is 1. The Morgan fingerprint density at radius 3 is 2.67 bits per heavy atom. The minimum absolute atomic E-state index is 0. The van der Waals surface area contributed by atoms with Crippen LogP contribution in [0.25, 0.3) is 11.4 Å². The number of anilines is 1. The minimum Gasteiger partial charge on any atom is -0.675 e. The van der Waals surface area contributed by atoms with Crippen molar-refractivity contribution >= 4 is 39.0 Å². The van der Waals surface area contributed by atoms with Crippen molar-refractivity contribution in [3.8, 4) is 0 Å². The summed E-state index contributed by atoms with van der Waals surface area (Å²) in [4.78, 5) is 4.22. The van der Waals surface area contributed by atoms with E-state index in [0.29, 0.717) is 23.4 Å². The van der Waals surface area contributed by atoms with Crippen LogP contribution in [0.15, 0.2) is 41.0 Å². The van der Waals surface area contributed by atoms with Crippen LogP contribution in [-0.4, -0.2) is 20.6 Å². The molecule has 1 saturated carbocycles. The molecule has 2 aromatic heterocycles. The topological polar surface area (TPSA) is 66.0 Å². The van der Waals surface area contributed by atoms with Gasteiger partial charge in [0.25, 0.3) is 0 Å². The van der Waals surface area contributed by atoms with Gasteiger partial charge in [-0.25, -0.2) is 4.98 Å². The van der Waals surface area contributed by atoms with Crippen molar-refractivity contribution in [3.63, 3.8) is 0 Å². The van der Waals surface area contributed by atoms with Gasteiger partial charge >= 0.3 is 21.1 Å². The van der Waals surface area contributed by atoms with Crippen LogP contribution in [0.3, 0.4) is 0 Å². The van der Waals surface area contributed by atoms with Crippen molar-refractivity contribution in [2.24, 2.45) is 0 Å². The van der Waals surface area contributed by atoms with Gasteiger partial charge in [0.1, 0.15) is 11.0 Å². The third-order valence-corrected chi connectivity index (χ3v) is 3.99. The van der Waals surface area contributed by atoms with Crippen molar-refractivity contribution in [2.45, 2.75) is 25.4 Å². The van der Waals surface area contributed by atoms with E-state index in [1.54, 1.807) is 16.8 Å². The number of fused-ring (bicyclic) bond motifs is 1. The first-order chi connectivity index (χ1) is 11.1. The smallest absolute Gasteiger partial charge is 0.675 e. The SMILES string of the molecule is Clc1cc(NCc2cc[c-]cc2)n2ncc(Br)c2n1.[NH-]C1CC1.[W+2]. The number of halogens is 2. The molecule has 2 N–H and O–H groups in total. The molecule has 0 radical (unpaired) electrons. The van der Waals surface area contributed by atoms with Crippen LogP contribution in [0.2, 0.25) is 5.15 Å². The predicted molar refractivity (Wildman–Crippen MR) is 95.6 cm³/mol. The molecule has 3 aromatic rings. The van der Waals surface area contributed by atoms with Gasteiger partial charge in [-0.1, -0.05) is 24.4 Å². The van der Waals surface area contributed by atoms with Crippen LogP contribution in [0.1, 0.15) is 18.4 Å². The van der Waals surface area contributed by atoms with Crippen LogP contribution in [0.4, 0.5) is 5.82 Å². The fourth-order valence-corrected chi connectivity index (χ4v) is 2.38. The zero-order valence-electron chi connectivity index (χ0n) is 12.7. The summed E-state index contributed by atoms with van der Waals surface area (Å²) in [6, 6.07) is 12.9. The summed E-state index contributed by atoms with van der Waals surface area (Å²) in [5.41, 5.74) is 8.54. The molecular formula is C16H15BrClN5W. The summed E-state index contributed by atoms with van der Waals surface area (Å²) in [5, 5.41) is 7.98. The monoisotopic (exact) mass is 575 g/mol. The molecule has 0 spiro atoms. The van der Waals surface area contributed by atoms with E-state index in [-0.39, 0.29) is 21.1 Å². The summed E-state index contributed by atoms with van der Waals surface area (Å²) < 4.78 is 2.53. The molecule has 1 aromatic carbocycles. The summed E-state index contributed by atoms with van der Waals surface area (Å²) in [6.45, 7) is 0.682. The normalized spacial score (nSPS) is 13.0. The molecule has 0 amide bonds. The van der Waals surface area contributed by atoms with Crippen molar-refractivity contribution in [1.82, 2.24) is 14.6 Å². The number of rotatable bonds is 3. The second kappa shape index (κ2) is 8.95. The van der Waals surface area contributed by atoms with E-state index in [1.807, 2.05) is 24.3 Å². The third-order valence-electron chi connectivity index (χ3n) is 3.24. The molecule has 4 rings (SSSR count). The predicted octanol–water partition coefficient (Wildman–Crippen LogP) is 4.76. The Labute approximate surface area is 168 Å². The van der Waals surface area contributed by atoms with E-state index in [2.05, 4.69) is 37.4 Å². The largest absolute Gasteiger partial charge is 2.00 e. The van der Waals surface area contributed by atoms with E-state index in [4.69, 9.17) is 17.3 Å². The van der Waals surface area contributed by atoms with E-state index in [9.17, 15) is 0 Å². The molecule has 5 nitrogen and oxygen atoms in total. The molecule has 2 heterocycles. The average molecular weight is 577 g/mol. The summed E-state index contributed by atoms with van der Waals surface area (Å²) in [5.74, 6) is 0.800. The minimum atomic E-state index is 0. The third kappa shape index (κ3) is 5.28. The molecule has 8 heteroatoms. The van der Waals surface area contributed by atoms with Crippen LogP contribution >= 0.6 is 27.5 Å². The van der Waals surface area contributed by atoms with Crippen LogP contribution in [0, 0.1) is 6.07 Å². The molecule has 0 aliphatic heterocycles. The zero-order chi connectivity index (χ0) is 16.2. The van der Waals surface area contributed by atoms with E-state index >= 15 is 0 Å². The fourth-order valence-electron chi connectivity index (χ4n) is 1.85. The Hall–Kier alpha value is -0.942. The quantitative estimate of drug-likeness (QED) is 0.362. The second-order valence-corrected chi connectivity index (χ2v) is 6.47. The number of nitrogens with one attached hydrogen (secondary N) is 2. The van der Waals surface area contributed by atoms with Crippen LogP contribution in [-0.2, 0) is 27.6 Å². The Morgan fingerprint density at radius 2 is 2.04 bits per heavy atom. The van der Waals surface area contributed by atoms with Gasteiger partial charge in [0.15, 0.2) is 5.65 Å². The molecule has 1 fully saturated rings. The van der Waals surface area contributed by atoms with E-state index in [0.717, 1.165) is 28.7 Å². The van der Waals surface area contributed by atoms with Crippen molar-refractivity contribution in [3.05, 3.63) is 63.5 Å². The first-order valence-corrected chi connectivity index (χ1v) is 8.40. The molecule has 24 heavy (non-hydrogen) atoms. The van der Waals surface area contributed by atoms with Gasteiger partial charge in [0.2, 0.25) is 0 Å². The van der Waals surface area contributed by atoms with Crippen molar-refractivity contribution < 1.29 is 21.1 Å². The summed E-state index contributed by atoms with van der Waals surface area (Å²) >= 11 is 9.41. The molecular weight excluding hydrogens is 561 g/mol. The Morgan fingerprint density at radius 1 is 1.38 bits per heavy atom. The number of aromatic nitrogens is 3. The summed E-state index contributed by atoms with van der Waals surface area (Å²) in [6.07, 6.45) is 4.00. The molecule has 0 unspecified atom stereocenters. The maximum atomic E-state index is 6.69. The van der Waals surface area contributed by atoms with Crippen LogP contribution < -0.4 is 5.32 Å². The molecule has 1 aliphatic rings. The van der Waals surface area contributed by atoms with Gasteiger partial charge in [-0.15, -0.1) is 11.6 Å². The second-order valence-electron chi connectivity index (χ2n) is 5.23. The fraction of sp³-hybridized carbons (Fsp3) is 0.250. The Bertz CT molecular complexity index is 792. The number of hydrogen-bond acceptors (Lipinski definition) is 3. The van der Waals surface area contributed by atoms with Gasteiger partial charge in [0.05, 0.1) is 10.7 Å². The van der Waals surface area contributed by atoms with Gasteiger partial charge in [-0.2, -0.15) is 39.9 Å². The van der Waals surface area contributed by atoms with Crippen LogP contribution in [0.5, 0.6) is 0 Å². The van der Waals surface area contributed by atoms with Gasteiger partial charge < -0.3 is 11.1 Å². The van der Waals surface area contributed by atoms with Gasteiger partial charge in [0, 0.05) is 12.6 Å². The van der Waals surface area contributed by atoms with E-state index < -0.39 is 0 Å². The summed E-state index contributed by atoms with van der Waals surface area (Å²) in [7, 11) is 0. The average Bonchev–Trinajstić information content (AvgIpc) is 3.26. The first-order valence-electron chi connectivity index (χ1n) is 7.23. The van der Waals surface area contributed by atoms with Gasteiger partial charge in [-0.3, -0.25) is 0 Å². The van der Waals surface area contributed by atoms with Crippen molar-refractivity contribution in [1.29, 1.82) is 0 Å².